The van der Waals surface area contributed by atoms with Crippen molar-refractivity contribution in [3.05, 3.63) is 34.8 Å². The summed E-state index contributed by atoms with van der Waals surface area (Å²) in [5.74, 6) is 0.572. The van der Waals surface area contributed by atoms with E-state index in [1.54, 1.807) is 14.0 Å². The highest BCUT2D eigenvalue weighted by atomic mass is 32.1. The highest BCUT2D eigenvalue weighted by Gasteiger charge is 2.28. The Bertz CT molecular complexity index is 670. The molecule has 0 aliphatic rings. The Labute approximate surface area is 140 Å². The van der Waals surface area contributed by atoms with E-state index < -0.39 is 5.54 Å². The maximum atomic E-state index is 12.2. The van der Waals surface area contributed by atoms with Crippen molar-refractivity contribution in [1.82, 2.24) is 10.2 Å². The van der Waals surface area contributed by atoms with Gasteiger partial charge in [-0.2, -0.15) is 0 Å². The first kappa shape index (κ1) is 17.4. The Hall–Kier alpha value is -1.99. The van der Waals surface area contributed by atoms with Crippen LogP contribution in [-0.2, 0) is 11.2 Å². The third-order valence-corrected chi connectivity index (χ3v) is 4.30. The summed E-state index contributed by atoms with van der Waals surface area (Å²) < 4.78 is 5.21. The molecule has 0 aliphatic carbocycles. The summed E-state index contributed by atoms with van der Waals surface area (Å²) in [6.45, 7) is 3.72. The summed E-state index contributed by atoms with van der Waals surface area (Å²) in [5, 5.41) is 12.2. The van der Waals surface area contributed by atoms with Crippen LogP contribution in [0.15, 0.2) is 24.3 Å². The summed E-state index contributed by atoms with van der Waals surface area (Å²) in [4.78, 5) is 12.2. The summed E-state index contributed by atoms with van der Waals surface area (Å²) in [7, 11) is 1.64. The third-order valence-electron chi connectivity index (χ3n) is 3.46. The monoisotopic (exact) mass is 334 g/mol. The number of hydrogen-bond acceptors (Lipinski definition) is 6. The zero-order valence-electron chi connectivity index (χ0n) is 13.6. The third kappa shape index (κ3) is 4.74. The predicted molar refractivity (Wildman–Crippen MR) is 91.8 cm³/mol. The van der Waals surface area contributed by atoms with Crippen molar-refractivity contribution in [3.8, 4) is 5.75 Å². The first-order valence-electron chi connectivity index (χ1n) is 7.50. The van der Waals surface area contributed by atoms with E-state index in [0.717, 1.165) is 22.7 Å². The summed E-state index contributed by atoms with van der Waals surface area (Å²) in [5.41, 5.74) is 6.19. The SMILES string of the molecule is CCCC(C)(N)C(=O)Nc1nnc(Cc2cccc(OC)c2)s1. The van der Waals surface area contributed by atoms with Crippen LogP contribution in [0.5, 0.6) is 5.75 Å². The van der Waals surface area contributed by atoms with Crippen LogP contribution in [0.4, 0.5) is 5.13 Å². The van der Waals surface area contributed by atoms with E-state index in [1.807, 2.05) is 31.2 Å². The Morgan fingerprint density at radius 3 is 2.91 bits per heavy atom. The molecule has 1 unspecified atom stereocenters. The number of benzene rings is 1. The lowest BCUT2D eigenvalue weighted by Crippen LogP contribution is -2.48. The number of amides is 1. The molecule has 0 spiro atoms. The van der Waals surface area contributed by atoms with E-state index in [0.29, 0.717) is 18.0 Å². The summed E-state index contributed by atoms with van der Waals surface area (Å²) in [6, 6.07) is 7.78. The minimum atomic E-state index is -0.895. The Morgan fingerprint density at radius 2 is 2.22 bits per heavy atom. The number of carbonyl (C=O) groups is 1. The molecule has 3 N–H and O–H groups in total. The van der Waals surface area contributed by atoms with Crippen LogP contribution in [0.1, 0.15) is 37.3 Å². The minimum Gasteiger partial charge on any atom is -0.497 e. The molecular formula is C16H22N4O2S. The maximum absolute atomic E-state index is 12.2. The van der Waals surface area contributed by atoms with Gasteiger partial charge in [0, 0.05) is 6.42 Å². The molecule has 1 aromatic carbocycles. The molecule has 0 bridgehead atoms. The van der Waals surface area contributed by atoms with E-state index in [1.165, 1.54) is 11.3 Å². The Balaban J connectivity index is 2.01. The van der Waals surface area contributed by atoms with Crippen LogP contribution < -0.4 is 15.8 Å². The Kier molecular flexibility index (Phi) is 5.68. The molecule has 2 aromatic rings. The van der Waals surface area contributed by atoms with Gasteiger partial charge in [-0.05, 0) is 31.0 Å². The van der Waals surface area contributed by atoms with Crippen molar-refractivity contribution in [3.63, 3.8) is 0 Å². The molecule has 2 rings (SSSR count). The van der Waals surface area contributed by atoms with Gasteiger partial charge >= 0.3 is 0 Å². The average Bonchev–Trinajstić information content (AvgIpc) is 2.94. The molecular weight excluding hydrogens is 312 g/mol. The van der Waals surface area contributed by atoms with E-state index in [9.17, 15) is 4.79 Å². The number of anilines is 1. The summed E-state index contributed by atoms with van der Waals surface area (Å²) >= 11 is 1.35. The molecule has 124 valence electrons. The molecule has 1 amide bonds. The number of aromatic nitrogens is 2. The fourth-order valence-electron chi connectivity index (χ4n) is 2.21. The summed E-state index contributed by atoms with van der Waals surface area (Å²) in [6.07, 6.45) is 2.10. The lowest BCUT2D eigenvalue weighted by molar-refractivity contribution is -0.120. The van der Waals surface area contributed by atoms with Crippen LogP contribution in [0.25, 0.3) is 0 Å². The molecule has 7 heteroatoms. The number of ether oxygens (including phenoxy) is 1. The molecule has 6 nitrogen and oxygen atoms in total. The number of hydrogen-bond donors (Lipinski definition) is 2. The Morgan fingerprint density at radius 1 is 1.43 bits per heavy atom. The number of nitrogens with zero attached hydrogens (tertiary/aromatic N) is 2. The lowest BCUT2D eigenvalue weighted by Gasteiger charge is -2.21. The number of nitrogens with two attached hydrogens (primary N) is 1. The van der Waals surface area contributed by atoms with Crippen LogP contribution in [-0.4, -0.2) is 28.8 Å². The standard InChI is InChI=1S/C16H22N4O2S/c1-4-8-16(2,17)14(21)18-15-20-19-13(23-15)10-11-6-5-7-12(9-11)22-3/h5-7,9H,4,8,10,17H2,1-3H3,(H,18,20,21). The van der Waals surface area contributed by atoms with Gasteiger partial charge in [-0.3, -0.25) is 10.1 Å². The van der Waals surface area contributed by atoms with E-state index in [-0.39, 0.29) is 5.91 Å². The second-order valence-corrected chi connectivity index (χ2v) is 6.71. The normalized spacial score (nSPS) is 13.4. The topological polar surface area (TPSA) is 90.1 Å². The largest absolute Gasteiger partial charge is 0.497 e. The van der Waals surface area contributed by atoms with E-state index in [4.69, 9.17) is 10.5 Å². The van der Waals surface area contributed by atoms with Gasteiger partial charge < -0.3 is 10.5 Å². The highest BCUT2D eigenvalue weighted by Crippen LogP contribution is 2.22. The number of methoxy groups -OCH3 is 1. The second-order valence-electron chi connectivity index (χ2n) is 5.65. The van der Waals surface area contributed by atoms with Gasteiger partial charge in [-0.25, -0.2) is 0 Å². The minimum absolute atomic E-state index is 0.233. The molecule has 0 aliphatic heterocycles. The zero-order valence-corrected chi connectivity index (χ0v) is 14.4. The molecule has 23 heavy (non-hydrogen) atoms. The first-order valence-corrected chi connectivity index (χ1v) is 8.32. The molecule has 1 heterocycles. The lowest BCUT2D eigenvalue weighted by atomic mass is 9.97. The van der Waals surface area contributed by atoms with Gasteiger partial charge in [0.1, 0.15) is 10.8 Å². The second kappa shape index (κ2) is 7.52. The molecule has 1 aromatic heterocycles. The number of nitrogens with one attached hydrogen (secondary N) is 1. The van der Waals surface area contributed by atoms with Crippen molar-refractivity contribution >= 4 is 22.4 Å². The van der Waals surface area contributed by atoms with Crippen LogP contribution in [0.3, 0.4) is 0 Å². The van der Waals surface area contributed by atoms with E-state index >= 15 is 0 Å². The molecule has 0 fully saturated rings. The van der Waals surface area contributed by atoms with Crippen LogP contribution in [0.2, 0.25) is 0 Å². The van der Waals surface area contributed by atoms with Gasteiger partial charge in [-0.1, -0.05) is 36.8 Å². The maximum Gasteiger partial charge on any atom is 0.245 e. The van der Waals surface area contributed by atoms with Crippen molar-refractivity contribution in [2.24, 2.45) is 5.73 Å². The van der Waals surface area contributed by atoms with Crippen LogP contribution in [0, 0.1) is 0 Å². The predicted octanol–water partition coefficient (Wildman–Crippen LogP) is 2.59. The fourth-order valence-corrected chi connectivity index (χ4v) is 2.97. The first-order chi connectivity index (χ1) is 10.9. The van der Waals surface area contributed by atoms with Crippen LogP contribution >= 0.6 is 11.3 Å². The highest BCUT2D eigenvalue weighted by molar-refractivity contribution is 7.15. The average molecular weight is 334 g/mol. The molecule has 0 saturated heterocycles. The fraction of sp³-hybridized carbons (Fsp3) is 0.438. The van der Waals surface area contributed by atoms with Crippen molar-refractivity contribution < 1.29 is 9.53 Å². The molecule has 0 saturated carbocycles. The zero-order chi connectivity index (χ0) is 16.9. The van der Waals surface area contributed by atoms with Crippen molar-refractivity contribution in [2.75, 3.05) is 12.4 Å². The quantitative estimate of drug-likeness (QED) is 0.812. The number of carbonyl (C=O) groups excluding carboxylic acids is 1. The van der Waals surface area contributed by atoms with Gasteiger partial charge in [-0.15, -0.1) is 10.2 Å². The van der Waals surface area contributed by atoms with Gasteiger partial charge in [0.2, 0.25) is 11.0 Å². The van der Waals surface area contributed by atoms with Gasteiger partial charge in [0.25, 0.3) is 0 Å². The van der Waals surface area contributed by atoms with Gasteiger partial charge in [0.15, 0.2) is 0 Å². The van der Waals surface area contributed by atoms with E-state index in [2.05, 4.69) is 15.5 Å². The van der Waals surface area contributed by atoms with Crippen molar-refractivity contribution in [2.45, 2.75) is 38.6 Å². The van der Waals surface area contributed by atoms with Gasteiger partial charge in [0.05, 0.1) is 12.6 Å². The molecule has 0 radical (unpaired) electrons. The molecule has 1 atom stereocenters. The number of rotatable bonds is 7. The van der Waals surface area contributed by atoms with Crippen molar-refractivity contribution in [1.29, 1.82) is 0 Å². The smallest absolute Gasteiger partial charge is 0.245 e.